The van der Waals surface area contributed by atoms with E-state index in [0.29, 0.717) is 0 Å². The number of aromatic nitrogens is 1. The molecular weight excluding hydrogens is 188 g/mol. The number of hydrogen-bond donors (Lipinski definition) is 0. The van der Waals surface area contributed by atoms with Gasteiger partial charge >= 0.3 is 0 Å². The van der Waals surface area contributed by atoms with E-state index >= 15 is 0 Å². The van der Waals surface area contributed by atoms with Gasteiger partial charge in [0.25, 0.3) is 0 Å². The van der Waals surface area contributed by atoms with Crippen molar-refractivity contribution in [3.63, 3.8) is 0 Å². The van der Waals surface area contributed by atoms with Crippen LogP contribution in [0.15, 0.2) is 29.2 Å². The van der Waals surface area contributed by atoms with Crippen LogP contribution in [-0.4, -0.2) is 4.57 Å². The van der Waals surface area contributed by atoms with Crippen LogP contribution in [0.3, 0.4) is 0 Å². The van der Waals surface area contributed by atoms with Crippen LogP contribution < -0.4 is 5.43 Å². The normalized spacial score (nSPS) is 10.8. The van der Waals surface area contributed by atoms with Gasteiger partial charge in [-0.1, -0.05) is 0 Å². The average molecular weight is 195 g/mol. The van der Waals surface area contributed by atoms with Crippen LogP contribution in [0.5, 0.6) is 0 Å². The molecule has 1 aromatic heterocycles. The van der Waals surface area contributed by atoms with Crippen molar-refractivity contribution in [3.05, 3.63) is 46.3 Å². The van der Waals surface area contributed by atoms with E-state index < -0.39 is 17.1 Å². The van der Waals surface area contributed by atoms with E-state index in [0.717, 1.165) is 12.1 Å². The summed E-state index contributed by atoms with van der Waals surface area (Å²) in [5.74, 6) is -1.29. The molecule has 1 aromatic carbocycles. The molecule has 14 heavy (non-hydrogen) atoms. The molecule has 0 fully saturated rings. The zero-order chi connectivity index (χ0) is 10.3. The van der Waals surface area contributed by atoms with Gasteiger partial charge in [0.1, 0.15) is 11.6 Å². The number of halogens is 2. The van der Waals surface area contributed by atoms with Gasteiger partial charge in [-0.2, -0.15) is 0 Å². The first kappa shape index (κ1) is 8.87. The van der Waals surface area contributed by atoms with Crippen molar-refractivity contribution in [2.24, 2.45) is 7.05 Å². The van der Waals surface area contributed by atoms with E-state index in [4.69, 9.17) is 0 Å². The van der Waals surface area contributed by atoms with Crippen molar-refractivity contribution in [1.82, 2.24) is 4.57 Å². The summed E-state index contributed by atoms with van der Waals surface area (Å²) >= 11 is 0. The van der Waals surface area contributed by atoms with Crippen LogP contribution in [-0.2, 0) is 7.05 Å². The number of benzene rings is 1. The quantitative estimate of drug-likeness (QED) is 0.628. The van der Waals surface area contributed by atoms with Crippen molar-refractivity contribution in [3.8, 4) is 0 Å². The fraction of sp³-hybridized carbons (Fsp3) is 0.100. The monoisotopic (exact) mass is 195 g/mol. The molecule has 0 amide bonds. The Morgan fingerprint density at radius 1 is 1.14 bits per heavy atom. The summed E-state index contributed by atoms with van der Waals surface area (Å²) in [6.45, 7) is 0. The highest BCUT2D eigenvalue weighted by Crippen LogP contribution is 2.16. The number of rotatable bonds is 0. The summed E-state index contributed by atoms with van der Waals surface area (Å²) in [5.41, 5.74) is -0.507. The van der Waals surface area contributed by atoms with Crippen molar-refractivity contribution >= 4 is 10.9 Å². The first-order valence-electron chi connectivity index (χ1n) is 4.04. The summed E-state index contributed by atoms with van der Waals surface area (Å²) in [6, 6.07) is 3.18. The smallest absolute Gasteiger partial charge is 0.192 e. The summed E-state index contributed by atoms with van der Waals surface area (Å²) in [4.78, 5) is 11.3. The zero-order valence-corrected chi connectivity index (χ0v) is 7.42. The highest BCUT2D eigenvalue weighted by molar-refractivity contribution is 5.79. The molecule has 0 aliphatic rings. The second-order valence-corrected chi connectivity index (χ2v) is 3.04. The van der Waals surface area contributed by atoms with E-state index in [2.05, 4.69) is 0 Å². The lowest BCUT2D eigenvalue weighted by molar-refractivity contribution is 0.610. The van der Waals surface area contributed by atoms with E-state index in [-0.39, 0.29) is 10.9 Å². The van der Waals surface area contributed by atoms with Crippen LogP contribution in [0.1, 0.15) is 0 Å². The van der Waals surface area contributed by atoms with E-state index in [1.54, 1.807) is 7.05 Å². The van der Waals surface area contributed by atoms with Crippen LogP contribution >= 0.6 is 0 Å². The van der Waals surface area contributed by atoms with Gasteiger partial charge < -0.3 is 4.57 Å². The molecular formula is C10H7F2NO. The number of fused-ring (bicyclic) bond motifs is 1. The van der Waals surface area contributed by atoms with Crippen molar-refractivity contribution < 1.29 is 8.78 Å². The standard InChI is InChI=1S/C10H7F2NO/c1-13-5-4-8(14)9-6(11)2-3-7(12)10(9)13/h2-5H,1H3. The van der Waals surface area contributed by atoms with Crippen molar-refractivity contribution in [2.75, 3.05) is 0 Å². The molecule has 2 nitrogen and oxygen atoms in total. The van der Waals surface area contributed by atoms with Crippen molar-refractivity contribution in [1.29, 1.82) is 0 Å². The van der Waals surface area contributed by atoms with Gasteiger partial charge in [-0.25, -0.2) is 8.78 Å². The summed E-state index contributed by atoms with van der Waals surface area (Å²) in [7, 11) is 1.56. The third kappa shape index (κ3) is 1.11. The predicted octanol–water partition coefficient (Wildman–Crippen LogP) is 1.82. The van der Waals surface area contributed by atoms with Gasteiger partial charge in [-0.15, -0.1) is 0 Å². The minimum absolute atomic E-state index is 0.00231. The minimum Gasteiger partial charge on any atom is -0.348 e. The highest BCUT2D eigenvalue weighted by atomic mass is 19.1. The molecule has 0 aliphatic heterocycles. The largest absolute Gasteiger partial charge is 0.348 e. The number of nitrogens with zero attached hydrogens (tertiary/aromatic N) is 1. The topological polar surface area (TPSA) is 22.0 Å². The van der Waals surface area contributed by atoms with Gasteiger partial charge in [-0.3, -0.25) is 4.79 Å². The third-order valence-corrected chi connectivity index (χ3v) is 2.13. The molecule has 0 unspecified atom stereocenters. The first-order chi connectivity index (χ1) is 6.61. The second kappa shape index (κ2) is 2.90. The van der Waals surface area contributed by atoms with Crippen LogP contribution in [0.4, 0.5) is 8.78 Å². The molecule has 72 valence electrons. The maximum atomic E-state index is 13.3. The van der Waals surface area contributed by atoms with Crippen LogP contribution in [0.25, 0.3) is 10.9 Å². The Labute approximate surface area is 78.4 Å². The minimum atomic E-state index is -0.692. The fourth-order valence-corrected chi connectivity index (χ4v) is 1.46. The first-order valence-corrected chi connectivity index (χ1v) is 4.04. The molecule has 0 bridgehead atoms. The molecule has 0 N–H and O–H groups in total. The Balaban J connectivity index is 3.14. The average Bonchev–Trinajstić information content (AvgIpc) is 2.16. The summed E-state index contributed by atoms with van der Waals surface area (Å²) in [5, 5.41) is -0.199. The van der Waals surface area contributed by atoms with Crippen LogP contribution in [0.2, 0.25) is 0 Å². The molecule has 0 saturated heterocycles. The maximum absolute atomic E-state index is 13.3. The molecule has 2 aromatic rings. The highest BCUT2D eigenvalue weighted by Gasteiger charge is 2.10. The Kier molecular flexibility index (Phi) is 1.84. The molecule has 0 aliphatic carbocycles. The lowest BCUT2D eigenvalue weighted by Gasteiger charge is -2.05. The Morgan fingerprint density at radius 3 is 2.43 bits per heavy atom. The van der Waals surface area contributed by atoms with Gasteiger partial charge in [0.15, 0.2) is 5.43 Å². The Morgan fingerprint density at radius 2 is 1.79 bits per heavy atom. The van der Waals surface area contributed by atoms with E-state index in [1.807, 2.05) is 0 Å². The number of aryl methyl sites for hydroxylation is 1. The molecule has 0 radical (unpaired) electrons. The SMILES string of the molecule is Cn1ccc(=O)c2c(F)ccc(F)c21. The molecule has 0 saturated carbocycles. The van der Waals surface area contributed by atoms with Crippen LogP contribution in [0, 0.1) is 11.6 Å². The molecule has 4 heteroatoms. The Bertz CT molecular complexity index is 552. The van der Waals surface area contributed by atoms with Gasteiger partial charge in [-0.05, 0) is 12.1 Å². The van der Waals surface area contributed by atoms with E-state index in [1.165, 1.54) is 16.8 Å². The van der Waals surface area contributed by atoms with Gasteiger partial charge in [0.2, 0.25) is 0 Å². The summed E-state index contributed by atoms with van der Waals surface area (Å²) < 4.78 is 27.9. The lowest BCUT2D eigenvalue weighted by atomic mass is 10.2. The van der Waals surface area contributed by atoms with Crippen molar-refractivity contribution in [2.45, 2.75) is 0 Å². The maximum Gasteiger partial charge on any atom is 0.192 e. The summed E-state index contributed by atoms with van der Waals surface area (Å²) in [6.07, 6.45) is 1.41. The van der Waals surface area contributed by atoms with Gasteiger partial charge in [0, 0.05) is 19.3 Å². The third-order valence-electron chi connectivity index (χ3n) is 2.13. The van der Waals surface area contributed by atoms with Gasteiger partial charge in [0.05, 0.1) is 10.9 Å². The zero-order valence-electron chi connectivity index (χ0n) is 7.42. The fourth-order valence-electron chi connectivity index (χ4n) is 1.46. The lowest BCUT2D eigenvalue weighted by Crippen LogP contribution is -2.08. The second-order valence-electron chi connectivity index (χ2n) is 3.04. The number of hydrogen-bond acceptors (Lipinski definition) is 1. The predicted molar refractivity (Wildman–Crippen MR) is 49.1 cm³/mol. The Hall–Kier alpha value is -1.71. The number of pyridine rings is 1. The molecule has 0 atom stereocenters. The molecule has 1 heterocycles. The molecule has 0 spiro atoms. The van der Waals surface area contributed by atoms with E-state index in [9.17, 15) is 13.6 Å². The molecule has 2 rings (SSSR count).